The quantitative estimate of drug-likeness (QED) is 0.764. The van der Waals surface area contributed by atoms with Crippen LogP contribution in [0.15, 0.2) is 0 Å². The molecule has 0 saturated carbocycles. The number of carbonyl (C=O) groups excluding carboxylic acids is 1. The van der Waals surface area contributed by atoms with Crippen molar-refractivity contribution in [3.05, 3.63) is 0 Å². The molecular weight excluding hydrogens is 226 g/mol. The fourth-order valence-electron chi connectivity index (χ4n) is 2.27. The predicted octanol–water partition coefficient (Wildman–Crippen LogP) is 2.21. The predicted molar refractivity (Wildman–Crippen MR) is 75.7 cm³/mol. The number of carbonyl (C=O) groups is 1. The van der Waals surface area contributed by atoms with Gasteiger partial charge in [0.1, 0.15) is 0 Å². The molecule has 1 aliphatic rings. The third kappa shape index (κ3) is 5.25. The van der Waals surface area contributed by atoms with Gasteiger partial charge in [-0.2, -0.15) is 0 Å². The van der Waals surface area contributed by atoms with Crippen LogP contribution < -0.4 is 10.6 Å². The van der Waals surface area contributed by atoms with E-state index in [2.05, 4.69) is 43.2 Å². The first-order valence-corrected chi connectivity index (χ1v) is 7.18. The Bertz CT molecular complexity index is 258. The van der Waals surface area contributed by atoms with Crippen LogP contribution >= 0.6 is 0 Å². The molecule has 1 fully saturated rings. The first-order valence-electron chi connectivity index (χ1n) is 7.18. The van der Waals surface area contributed by atoms with E-state index in [1.165, 1.54) is 12.8 Å². The minimum absolute atomic E-state index is 0.0390. The number of hydrogen-bond donors (Lipinski definition) is 2. The van der Waals surface area contributed by atoms with Crippen molar-refractivity contribution in [3.63, 3.8) is 0 Å². The Balaban J connectivity index is 2.20. The summed E-state index contributed by atoms with van der Waals surface area (Å²) in [7, 11) is 0. The molecular formula is C14H29N3O. The van der Waals surface area contributed by atoms with Gasteiger partial charge in [0.15, 0.2) is 0 Å². The smallest absolute Gasteiger partial charge is 0.314 e. The standard InChI is InChI=1S/C14H29N3O/c1-12(2)7-8-15-13(18)16-11-14(3,4)17-9-5-6-10-17/h12H,5-11H2,1-4H3,(H2,15,16,18). The lowest BCUT2D eigenvalue weighted by Gasteiger charge is -2.35. The zero-order valence-electron chi connectivity index (χ0n) is 12.4. The average molecular weight is 255 g/mol. The molecule has 1 saturated heterocycles. The summed E-state index contributed by atoms with van der Waals surface area (Å²) in [5.41, 5.74) is 0.0614. The highest BCUT2D eigenvalue weighted by Crippen LogP contribution is 2.19. The summed E-state index contributed by atoms with van der Waals surface area (Å²) in [5, 5.41) is 5.89. The minimum atomic E-state index is -0.0390. The van der Waals surface area contributed by atoms with Crippen molar-refractivity contribution < 1.29 is 4.79 Å². The SMILES string of the molecule is CC(C)CCNC(=O)NCC(C)(C)N1CCCC1. The summed E-state index contributed by atoms with van der Waals surface area (Å²) >= 11 is 0. The summed E-state index contributed by atoms with van der Waals surface area (Å²) in [4.78, 5) is 14.1. The Morgan fingerprint density at radius 3 is 2.39 bits per heavy atom. The van der Waals surface area contributed by atoms with Gasteiger partial charge in [0.2, 0.25) is 0 Å². The Morgan fingerprint density at radius 1 is 1.22 bits per heavy atom. The molecule has 1 aliphatic heterocycles. The highest BCUT2D eigenvalue weighted by atomic mass is 16.2. The second kappa shape index (κ2) is 6.98. The molecule has 0 bridgehead atoms. The fourth-order valence-corrected chi connectivity index (χ4v) is 2.27. The van der Waals surface area contributed by atoms with E-state index in [1.54, 1.807) is 0 Å². The van der Waals surface area contributed by atoms with Crippen LogP contribution in [0, 0.1) is 5.92 Å². The van der Waals surface area contributed by atoms with Gasteiger partial charge in [0.05, 0.1) is 0 Å². The van der Waals surface area contributed by atoms with E-state index in [9.17, 15) is 4.79 Å². The Morgan fingerprint density at radius 2 is 1.83 bits per heavy atom. The van der Waals surface area contributed by atoms with Gasteiger partial charge in [0, 0.05) is 18.6 Å². The van der Waals surface area contributed by atoms with E-state index in [0.29, 0.717) is 12.5 Å². The monoisotopic (exact) mass is 255 g/mol. The van der Waals surface area contributed by atoms with Gasteiger partial charge >= 0.3 is 6.03 Å². The molecule has 0 aromatic rings. The number of nitrogens with zero attached hydrogens (tertiary/aromatic N) is 1. The molecule has 18 heavy (non-hydrogen) atoms. The van der Waals surface area contributed by atoms with Crippen molar-refractivity contribution in [1.82, 2.24) is 15.5 Å². The Hall–Kier alpha value is -0.770. The summed E-state index contributed by atoms with van der Waals surface area (Å²) < 4.78 is 0. The van der Waals surface area contributed by atoms with Crippen molar-refractivity contribution in [2.75, 3.05) is 26.2 Å². The number of amides is 2. The van der Waals surface area contributed by atoms with E-state index >= 15 is 0 Å². The lowest BCUT2D eigenvalue weighted by molar-refractivity contribution is 0.152. The zero-order chi connectivity index (χ0) is 13.6. The van der Waals surface area contributed by atoms with E-state index in [1.807, 2.05) is 0 Å². The highest BCUT2D eigenvalue weighted by Gasteiger charge is 2.29. The van der Waals surface area contributed by atoms with Crippen molar-refractivity contribution in [2.45, 2.75) is 52.5 Å². The molecule has 0 aromatic carbocycles. The summed E-state index contributed by atoms with van der Waals surface area (Å²) in [5.74, 6) is 0.631. The van der Waals surface area contributed by atoms with Gasteiger partial charge in [-0.15, -0.1) is 0 Å². The third-order valence-corrected chi connectivity index (χ3v) is 3.65. The topological polar surface area (TPSA) is 44.4 Å². The van der Waals surface area contributed by atoms with Crippen LogP contribution in [-0.2, 0) is 0 Å². The Labute approximate surface area is 111 Å². The van der Waals surface area contributed by atoms with Crippen LogP contribution in [0.25, 0.3) is 0 Å². The second-order valence-corrected chi connectivity index (χ2v) is 6.30. The van der Waals surface area contributed by atoms with Gasteiger partial charge in [-0.1, -0.05) is 13.8 Å². The Kier molecular flexibility index (Phi) is 5.93. The van der Waals surface area contributed by atoms with Crippen LogP contribution in [-0.4, -0.2) is 42.6 Å². The molecule has 0 atom stereocenters. The molecule has 2 amide bonds. The van der Waals surface area contributed by atoms with Crippen LogP contribution in [0.2, 0.25) is 0 Å². The number of hydrogen-bond acceptors (Lipinski definition) is 2. The first kappa shape index (κ1) is 15.3. The lowest BCUT2D eigenvalue weighted by atomic mass is 10.0. The van der Waals surface area contributed by atoms with Gasteiger partial charge in [-0.05, 0) is 52.1 Å². The molecule has 1 rings (SSSR count). The molecule has 4 heteroatoms. The number of urea groups is 1. The summed E-state index contributed by atoms with van der Waals surface area (Å²) in [6.07, 6.45) is 3.59. The lowest BCUT2D eigenvalue weighted by Crippen LogP contribution is -2.52. The molecule has 0 unspecified atom stereocenters. The maximum atomic E-state index is 11.6. The molecule has 4 nitrogen and oxygen atoms in total. The maximum absolute atomic E-state index is 11.6. The van der Waals surface area contributed by atoms with Crippen LogP contribution in [0.3, 0.4) is 0 Å². The minimum Gasteiger partial charge on any atom is -0.338 e. The number of nitrogens with one attached hydrogen (secondary N) is 2. The van der Waals surface area contributed by atoms with Gasteiger partial charge < -0.3 is 10.6 Å². The van der Waals surface area contributed by atoms with Crippen molar-refractivity contribution in [1.29, 1.82) is 0 Å². The van der Waals surface area contributed by atoms with Crippen LogP contribution in [0.4, 0.5) is 4.79 Å². The molecule has 106 valence electrons. The van der Waals surface area contributed by atoms with E-state index < -0.39 is 0 Å². The fraction of sp³-hybridized carbons (Fsp3) is 0.929. The number of rotatable bonds is 6. The van der Waals surface area contributed by atoms with Crippen LogP contribution in [0.5, 0.6) is 0 Å². The molecule has 0 spiro atoms. The summed E-state index contributed by atoms with van der Waals surface area (Å²) in [6.45, 7) is 12.5. The van der Waals surface area contributed by atoms with E-state index in [-0.39, 0.29) is 11.6 Å². The summed E-state index contributed by atoms with van der Waals surface area (Å²) in [6, 6.07) is -0.0390. The first-order chi connectivity index (χ1) is 8.42. The van der Waals surface area contributed by atoms with Gasteiger partial charge in [-0.3, -0.25) is 4.90 Å². The maximum Gasteiger partial charge on any atom is 0.314 e. The normalized spacial score (nSPS) is 17.2. The van der Waals surface area contributed by atoms with Gasteiger partial charge in [-0.25, -0.2) is 4.79 Å². The molecule has 2 N–H and O–H groups in total. The van der Waals surface area contributed by atoms with E-state index in [0.717, 1.165) is 26.1 Å². The van der Waals surface area contributed by atoms with Crippen LogP contribution in [0.1, 0.15) is 47.0 Å². The van der Waals surface area contributed by atoms with Crippen molar-refractivity contribution >= 4 is 6.03 Å². The number of likely N-dealkylation sites (tertiary alicyclic amines) is 1. The molecule has 0 aromatic heterocycles. The highest BCUT2D eigenvalue weighted by molar-refractivity contribution is 5.73. The largest absolute Gasteiger partial charge is 0.338 e. The van der Waals surface area contributed by atoms with Crippen molar-refractivity contribution in [3.8, 4) is 0 Å². The third-order valence-electron chi connectivity index (χ3n) is 3.65. The molecule has 0 aliphatic carbocycles. The zero-order valence-corrected chi connectivity index (χ0v) is 12.4. The van der Waals surface area contributed by atoms with Crippen molar-refractivity contribution in [2.24, 2.45) is 5.92 Å². The average Bonchev–Trinajstić information content (AvgIpc) is 2.80. The van der Waals surface area contributed by atoms with Gasteiger partial charge in [0.25, 0.3) is 0 Å². The second-order valence-electron chi connectivity index (χ2n) is 6.30. The van der Waals surface area contributed by atoms with E-state index in [4.69, 9.17) is 0 Å². The molecule has 1 heterocycles. The molecule has 0 radical (unpaired) electrons.